The minimum absolute atomic E-state index is 0.143. The average Bonchev–Trinajstić information content (AvgIpc) is 2.64. The second kappa shape index (κ2) is 4.21. The van der Waals surface area contributed by atoms with Gasteiger partial charge in [0.1, 0.15) is 5.82 Å². The molecule has 0 aliphatic carbocycles. The first-order valence-electron chi connectivity index (χ1n) is 4.74. The van der Waals surface area contributed by atoms with Gasteiger partial charge in [-0.15, -0.1) is 5.10 Å². The fourth-order valence-electron chi connectivity index (χ4n) is 0.942. The van der Waals surface area contributed by atoms with Crippen LogP contribution in [0.2, 0.25) is 0 Å². The molecular formula is C9H16N4O. The molecule has 5 heteroatoms. The number of carbonyl (C=O) groups excluding carboxylic acids is 1. The van der Waals surface area contributed by atoms with Crippen LogP contribution in [0.3, 0.4) is 0 Å². The SMILES string of the molecule is CCN(C)C(=O)c1n[nH]c(C(C)C)n1. The monoisotopic (exact) mass is 196 g/mol. The molecule has 0 saturated carbocycles. The van der Waals surface area contributed by atoms with E-state index < -0.39 is 0 Å². The highest BCUT2D eigenvalue weighted by atomic mass is 16.2. The number of hydrogen-bond donors (Lipinski definition) is 1. The molecular weight excluding hydrogens is 180 g/mol. The van der Waals surface area contributed by atoms with Crippen LogP contribution in [-0.2, 0) is 0 Å². The Balaban J connectivity index is 2.81. The fraction of sp³-hybridized carbons (Fsp3) is 0.667. The molecule has 0 unspecified atom stereocenters. The minimum Gasteiger partial charge on any atom is -0.339 e. The van der Waals surface area contributed by atoms with Gasteiger partial charge >= 0.3 is 0 Å². The molecule has 0 spiro atoms. The first kappa shape index (κ1) is 10.7. The molecule has 1 rings (SSSR count). The standard InChI is InChI=1S/C9H16N4O/c1-5-13(4)9(14)8-10-7(6(2)3)11-12-8/h6H,5H2,1-4H3,(H,10,11,12). The highest BCUT2D eigenvalue weighted by Crippen LogP contribution is 2.08. The van der Waals surface area contributed by atoms with Crippen molar-refractivity contribution in [3.63, 3.8) is 0 Å². The lowest BCUT2D eigenvalue weighted by Crippen LogP contribution is -2.27. The summed E-state index contributed by atoms with van der Waals surface area (Å²) in [4.78, 5) is 17.3. The van der Waals surface area contributed by atoms with Gasteiger partial charge < -0.3 is 4.90 Å². The Morgan fingerprint density at radius 3 is 2.64 bits per heavy atom. The average molecular weight is 196 g/mol. The highest BCUT2D eigenvalue weighted by Gasteiger charge is 2.16. The number of hydrogen-bond acceptors (Lipinski definition) is 3. The molecule has 0 radical (unpaired) electrons. The van der Waals surface area contributed by atoms with Crippen molar-refractivity contribution in [1.82, 2.24) is 20.1 Å². The number of carbonyl (C=O) groups is 1. The number of amides is 1. The lowest BCUT2D eigenvalue weighted by Gasteiger charge is -2.10. The van der Waals surface area contributed by atoms with Crippen LogP contribution >= 0.6 is 0 Å². The lowest BCUT2D eigenvalue weighted by atomic mass is 10.2. The Kier molecular flexibility index (Phi) is 3.22. The van der Waals surface area contributed by atoms with Crippen LogP contribution in [0.4, 0.5) is 0 Å². The van der Waals surface area contributed by atoms with E-state index in [0.717, 1.165) is 5.82 Å². The maximum absolute atomic E-state index is 11.6. The molecule has 0 aliphatic heterocycles. The minimum atomic E-state index is -0.143. The third-order valence-corrected chi connectivity index (χ3v) is 2.06. The largest absolute Gasteiger partial charge is 0.339 e. The smallest absolute Gasteiger partial charge is 0.293 e. The first-order chi connectivity index (χ1) is 6.56. The highest BCUT2D eigenvalue weighted by molar-refractivity contribution is 5.90. The van der Waals surface area contributed by atoms with Crippen LogP contribution in [0.1, 0.15) is 43.1 Å². The summed E-state index contributed by atoms with van der Waals surface area (Å²) in [5, 5.41) is 6.64. The van der Waals surface area contributed by atoms with Crippen LogP contribution in [0.5, 0.6) is 0 Å². The Hall–Kier alpha value is -1.39. The second-order valence-corrected chi connectivity index (χ2v) is 3.52. The van der Waals surface area contributed by atoms with Crippen LogP contribution in [-0.4, -0.2) is 39.6 Å². The van der Waals surface area contributed by atoms with Crippen LogP contribution in [0, 0.1) is 0 Å². The number of aromatic nitrogens is 3. The molecule has 0 atom stereocenters. The van der Waals surface area contributed by atoms with Gasteiger partial charge in [0.25, 0.3) is 5.91 Å². The van der Waals surface area contributed by atoms with Crippen molar-refractivity contribution < 1.29 is 4.79 Å². The van der Waals surface area contributed by atoms with Gasteiger partial charge in [-0.05, 0) is 6.92 Å². The van der Waals surface area contributed by atoms with E-state index in [1.54, 1.807) is 11.9 Å². The molecule has 0 aliphatic rings. The zero-order valence-corrected chi connectivity index (χ0v) is 9.03. The Morgan fingerprint density at radius 2 is 2.21 bits per heavy atom. The second-order valence-electron chi connectivity index (χ2n) is 3.52. The predicted octanol–water partition coefficient (Wildman–Crippen LogP) is 1.02. The van der Waals surface area contributed by atoms with Crippen molar-refractivity contribution in [2.24, 2.45) is 0 Å². The third-order valence-electron chi connectivity index (χ3n) is 2.06. The lowest BCUT2D eigenvalue weighted by molar-refractivity contribution is 0.0791. The molecule has 14 heavy (non-hydrogen) atoms. The molecule has 1 N–H and O–H groups in total. The van der Waals surface area contributed by atoms with E-state index in [9.17, 15) is 4.79 Å². The molecule has 1 aromatic heterocycles. The van der Waals surface area contributed by atoms with E-state index in [4.69, 9.17) is 0 Å². The van der Waals surface area contributed by atoms with E-state index >= 15 is 0 Å². The molecule has 78 valence electrons. The van der Waals surface area contributed by atoms with Gasteiger partial charge in [0.2, 0.25) is 5.82 Å². The van der Waals surface area contributed by atoms with Gasteiger partial charge in [-0.3, -0.25) is 9.89 Å². The van der Waals surface area contributed by atoms with Crippen molar-refractivity contribution in [3.8, 4) is 0 Å². The molecule has 0 aromatic carbocycles. The Bertz CT molecular complexity index is 318. The van der Waals surface area contributed by atoms with E-state index in [1.165, 1.54) is 0 Å². The number of nitrogens with one attached hydrogen (secondary N) is 1. The number of H-pyrrole nitrogens is 1. The van der Waals surface area contributed by atoms with E-state index in [0.29, 0.717) is 6.54 Å². The predicted molar refractivity (Wildman–Crippen MR) is 53.1 cm³/mol. The third kappa shape index (κ3) is 2.10. The van der Waals surface area contributed by atoms with Crippen LogP contribution in [0.15, 0.2) is 0 Å². The summed E-state index contributed by atoms with van der Waals surface area (Å²) in [6, 6.07) is 0. The summed E-state index contributed by atoms with van der Waals surface area (Å²) in [6.07, 6.45) is 0. The Morgan fingerprint density at radius 1 is 1.57 bits per heavy atom. The van der Waals surface area contributed by atoms with Gasteiger partial charge in [-0.1, -0.05) is 13.8 Å². The molecule has 1 amide bonds. The molecule has 0 bridgehead atoms. The van der Waals surface area contributed by atoms with Gasteiger partial charge in [-0.2, -0.15) is 0 Å². The summed E-state index contributed by atoms with van der Waals surface area (Å²) in [6.45, 7) is 6.56. The molecule has 1 aromatic rings. The van der Waals surface area contributed by atoms with Crippen molar-refractivity contribution in [1.29, 1.82) is 0 Å². The number of aromatic amines is 1. The maximum Gasteiger partial charge on any atom is 0.293 e. The molecule has 0 fully saturated rings. The fourth-order valence-corrected chi connectivity index (χ4v) is 0.942. The summed E-state index contributed by atoms with van der Waals surface area (Å²) in [5.74, 6) is 1.11. The molecule has 0 saturated heterocycles. The summed E-state index contributed by atoms with van der Waals surface area (Å²) >= 11 is 0. The number of nitrogens with zero attached hydrogens (tertiary/aromatic N) is 3. The molecule has 1 heterocycles. The number of rotatable bonds is 3. The van der Waals surface area contributed by atoms with Gasteiger partial charge in [-0.25, -0.2) is 4.98 Å². The van der Waals surface area contributed by atoms with E-state index in [-0.39, 0.29) is 17.6 Å². The van der Waals surface area contributed by atoms with E-state index in [1.807, 2.05) is 20.8 Å². The molecule has 5 nitrogen and oxygen atoms in total. The summed E-state index contributed by atoms with van der Waals surface area (Å²) in [5.41, 5.74) is 0. The van der Waals surface area contributed by atoms with E-state index in [2.05, 4.69) is 15.2 Å². The van der Waals surface area contributed by atoms with Crippen molar-refractivity contribution in [3.05, 3.63) is 11.6 Å². The van der Waals surface area contributed by atoms with Crippen molar-refractivity contribution in [2.75, 3.05) is 13.6 Å². The van der Waals surface area contributed by atoms with Gasteiger partial charge in [0, 0.05) is 19.5 Å². The van der Waals surface area contributed by atoms with Crippen molar-refractivity contribution >= 4 is 5.91 Å². The maximum atomic E-state index is 11.6. The Labute approximate surface area is 83.5 Å². The van der Waals surface area contributed by atoms with Crippen LogP contribution < -0.4 is 0 Å². The first-order valence-corrected chi connectivity index (χ1v) is 4.74. The summed E-state index contributed by atoms with van der Waals surface area (Å²) < 4.78 is 0. The van der Waals surface area contributed by atoms with Gasteiger partial charge in [0.05, 0.1) is 0 Å². The quantitative estimate of drug-likeness (QED) is 0.785. The topological polar surface area (TPSA) is 61.9 Å². The summed E-state index contributed by atoms with van der Waals surface area (Å²) in [7, 11) is 1.73. The van der Waals surface area contributed by atoms with Gasteiger partial charge in [0.15, 0.2) is 0 Å². The zero-order chi connectivity index (χ0) is 10.7. The van der Waals surface area contributed by atoms with Crippen LogP contribution in [0.25, 0.3) is 0 Å². The zero-order valence-electron chi connectivity index (χ0n) is 9.03. The normalized spacial score (nSPS) is 10.6. The van der Waals surface area contributed by atoms with Crippen molar-refractivity contribution in [2.45, 2.75) is 26.7 Å².